The molecule has 0 spiro atoms. The third kappa shape index (κ3) is 17.2. The topological polar surface area (TPSA) is 203 Å². The van der Waals surface area contributed by atoms with Crippen LogP contribution in [0.1, 0.15) is 114 Å². The van der Waals surface area contributed by atoms with E-state index in [1.165, 1.54) is 46.6 Å². The monoisotopic (exact) mass is 1100 g/mol. The van der Waals surface area contributed by atoms with Gasteiger partial charge < -0.3 is 24.9 Å². The fraction of sp³-hybridized carbons (Fsp3) is 0.262. The summed E-state index contributed by atoms with van der Waals surface area (Å²) in [5.74, 6) is -2.42. The average Bonchev–Trinajstić information content (AvgIpc) is 3.41. The first-order chi connectivity index (χ1) is 36.9. The van der Waals surface area contributed by atoms with Crippen LogP contribution < -0.4 is 16.9 Å². The summed E-state index contributed by atoms with van der Waals surface area (Å²) in [6.45, 7) is 11.9. The third-order valence-corrected chi connectivity index (χ3v) is 13.2. The van der Waals surface area contributed by atoms with Crippen LogP contribution in [0.4, 0.5) is 0 Å². The molecule has 80 heavy (non-hydrogen) atoms. The number of Topliss-reactive ketones (excluding diaryl/α,β-unsaturated/α-hetero) is 1. The molecule has 8 rings (SSSR count). The number of carbonyl (C=O) groups excluding carboxylic acids is 3. The summed E-state index contributed by atoms with van der Waals surface area (Å²) < 4.78 is 12.4. The van der Waals surface area contributed by atoms with Crippen molar-refractivity contribution in [2.24, 2.45) is 5.73 Å². The summed E-state index contributed by atoms with van der Waals surface area (Å²) in [6.07, 6.45) is 10.5. The molecule has 0 aliphatic rings. The van der Waals surface area contributed by atoms with E-state index in [0.717, 1.165) is 55.6 Å². The van der Waals surface area contributed by atoms with Gasteiger partial charge in [0.2, 0.25) is 0 Å². The number of carboxylic acids is 1. The van der Waals surface area contributed by atoms with E-state index in [1.54, 1.807) is 73.4 Å². The lowest BCUT2D eigenvalue weighted by Gasteiger charge is -2.23. The second kappa shape index (κ2) is 31.1. The number of nitrogens with zero attached hydrogens (tertiary/aromatic N) is 4. The van der Waals surface area contributed by atoms with Crippen molar-refractivity contribution in [1.82, 2.24) is 19.1 Å². The number of methoxy groups -OCH3 is 2. The summed E-state index contributed by atoms with van der Waals surface area (Å²) in [7, 11) is 2.70. The lowest BCUT2D eigenvalue weighted by molar-refractivity contribution is -0.142. The number of pyridine rings is 4. The molecule has 15 heteroatoms. The van der Waals surface area contributed by atoms with Crippen molar-refractivity contribution >= 4 is 36.1 Å². The molecule has 14 nitrogen and oxygen atoms in total. The molecule has 420 valence electrons. The maximum absolute atomic E-state index is 14.0. The smallest absolute Gasteiger partial charge is 0.331 e. The van der Waals surface area contributed by atoms with Crippen molar-refractivity contribution in [3.05, 3.63) is 247 Å². The second-order valence-electron chi connectivity index (χ2n) is 19.0. The number of hydrogen-bond donors (Lipinski definition) is 2. The Labute approximate surface area is 475 Å². The molecule has 4 heterocycles. The molecule has 4 atom stereocenters. The minimum absolute atomic E-state index is 0. The van der Waals surface area contributed by atoms with Crippen LogP contribution >= 0.6 is 12.4 Å². The van der Waals surface area contributed by atoms with Gasteiger partial charge >= 0.3 is 17.9 Å². The lowest BCUT2D eigenvalue weighted by atomic mass is 9.86. The number of carbonyl (C=O) groups is 4. The fourth-order valence-electron chi connectivity index (χ4n) is 9.31. The van der Waals surface area contributed by atoms with Crippen molar-refractivity contribution in [3.63, 3.8) is 0 Å². The Morgan fingerprint density at radius 1 is 0.512 bits per heavy atom. The lowest BCUT2D eigenvalue weighted by Crippen LogP contribution is -2.31. The third-order valence-electron chi connectivity index (χ3n) is 13.2. The Hall–Kier alpha value is -8.59. The van der Waals surface area contributed by atoms with Gasteiger partial charge in [0.25, 0.3) is 11.1 Å². The van der Waals surface area contributed by atoms with Gasteiger partial charge in [0, 0.05) is 78.8 Å². The number of aryl methyl sites for hydroxylation is 6. The van der Waals surface area contributed by atoms with Gasteiger partial charge in [-0.3, -0.25) is 38.5 Å². The molecule has 0 amide bonds. The van der Waals surface area contributed by atoms with Crippen LogP contribution in [-0.2, 0) is 28.7 Å². The largest absolute Gasteiger partial charge is 0.479 e. The molecular weight excluding hydrogens is 1030 g/mol. The van der Waals surface area contributed by atoms with E-state index in [4.69, 9.17) is 10.5 Å². The van der Waals surface area contributed by atoms with E-state index in [0.29, 0.717) is 11.1 Å². The Morgan fingerprint density at radius 3 is 1.35 bits per heavy atom. The van der Waals surface area contributed by atoms with Crippen LogP contribution in [0.15, 0.2) is 180 Å². The summed E-state index contributed by atoms with van der Waals surface area (Å²) in [5, 5.41) is 9.34. The number of carboxylic acid groups (broad SMARTS) is 1. The molecule has 0 aliphatic carbocycles. The highest BCUT2D eigenvalue weighted by Crippen LogP contribution is 2.34. The van der Waals surface area contributed by atoms with Crippen LogP contribution in [0.2, 0.25) is 0 Å². The van der Waals surface area contributed by atoms with Gasteiger partial charge in [-0.25, -0.2) is 4.79 Å². The number of halogens is 1. The minimum Gasteiger partial charge on any atom is -0.479 e. The quantitative estimate of drug-likeness (QED) is 0.0868. The van der Waals surface area contributed by atoms with E-state index >= 15 is 0 Å². The van der Waals surface area contributed by atoms with Gasteiger partial charge in [0.1, 0.15) is 6.04 Å². The predicted molar refractivity (Wildman–Crippen MR) is 319 cm³/mol. The second-order valence-corrected chi connectivity index (χ2v) is 19.0. The maximum atomic E-state index is 14.0. The molecular formula is C65H74ClN5O9. The van der Waals surface area contributed by atoms with Crippen LogP contribution in [0.25, 0.3) is 22.3 Å². The molecule has 8 aromatic rings. The number of benzene rings is 4. The highest BCUT2D eigenvalue weighted by molar-refractivity contribution is 5.87. The number of nitrogens with two attached hydrogens (primary N) is 1. The number of hydrogen-bond acceptors (Lipinski definition) is 11. The molecule has 0 radical (unpaired) electrons. The van der Waals surface area contributed by atoms with E-state index in [1.807, 2.05) is 74.6 Å². The first kappa shape index (κ1) is 65.7. The highest BCUT2D eigenvalue weighted by Gasteiger charge is 2.29. The van der Waals surface area contributed by atoms with Gasteiger partial charge in [-0.05, 0) is 120 Å². The summed E-state index contributed by atoms with van der Waals surface area (Å²) in [6, 6.07) is 38.3. The zero-order valence-corrected chi connectivity index (χ0v) is 45.9. The zero-order valence-electron chi connectivity index (χ0n) is 45.1. The highest BCUT2D eigenvalue weighted by atomic mass is 35.5. The SMILES string of the molecule is C.C.COC(=O)C[C@H](CC(=O)C(c1ccccc1)n1cc(C)ccc1=O)c1cncc(-c2c(C)cccc2C)c1.COC(=O)C[C@H](N)c1cncc(-c2c(C)cccc2C)c1.Cc1ccc(=O)n(C(C(=O)O)c2ccccc2)c1.Cl. The number of aromatic nitrogens is 4. The Bertz CT molecular complexity index is 3430. The minimum atomic E-state index is -1.05. The van der Waals surface area contributed by atoms with Gasteiger partial charge in [-0.2, -0.15) is 0 Å². The fourth-order valence-corrected chi connectivity index (χ4v) is 9.31. The summed E-state index contributed by atoms with van der Waals surface area (Å²) in [5.41, 5.74) is 18.9. The summed E-state index contributed by atoms with van der Waals surface area (Å²) in [4.78, 5) is 82.6. The number of esters is 2. The molecule has 0 fully saturated rings. The van der Waals surface area contributed by atoms with E-state index < -0.39 is 36.0 Å². The molecule has 0 saturated carbocycles. The molecule has 4 aromatic carbocycles. The van der Waals surface area contributed by atoms with Crippen molar-refractivity contribution < 1.29 is 33.8 Å². The predicted octanol–water partition coefficient (Wildman–Crippen LogP) is 12.2. The molecule has 0 bridgehead atoms. The number of ether oxygens (including phenoxy) is 2. The van der Waals surface area contributed by atoms with Crippen LogP contribution in [0.5, 0.6) is 0 Å². The van der Waals surface area contributed by atoms with Gasteiger partial charge in [0.15, 0.2) is 11.8 Å². The van der Waals surface area contributed by atoms with E-state index in [9.17, 15) is 33.9 Å². The number of ketones is 1. The number of rotatable bonds is 16. The average molecular weight is 1100 g/mol. The first-order valence-electron chi connectivity index (χ1n) is 25.1. The standard InChI is InChI=1S/C32H32N2O4.C17H20N2O2.C14H13NO3.2CH4.ClH/c1-21-13-14-29(36)34(20-21)32(24-11-6-5-7-12-24)28(35)16-25(17-30(37)38-4)26-15-27(19-33-18-26)31-22(2)9-8-10-23(31)3;1-11-5-4-6-12(2)17(11)14-7-13(9-19-10-14)15(18)8-16(20)21-3;1-10-7-8-12(16)15(9-10)13(14(17)18)11-5-3-2-4-6-11;;;/h5-15,18-20,25,32H,16-17H2,1-4H3;4-7,9-10,15H,8,18H2,1-3H3;2-9,13H,1H3,(H,17,18);2*1H4;1H/t25-,32?;15-;;;;/m00..../s1. The van der Waals surface area contributed by atoms with Crippen LogP contribution in [0.3, 0.4) is 0 Å². The van der Waals surface area contributed by atoms with E-state index in [-0.39, 0.29) is 69.4 Å². The van der Waals surface area contributed by atoms with Gasteiger partial charge in [-0.1, -0.05) is 124 Å². The zero-order chi connectivity index (χ0) is 55.8. The normalized spacial score (nSPS) is 11.8. The van der Waals surface area contributed by atoms with Gasteiger partial charge in [0.05, 0.1) is 27.1 Å². The van der Waals surface area contributed by atoms with Crippen molar-refractivity contribution in [3.8, 4) is 22.3 Å². The Morgan fingerprint density at radius 2 is 0.912 bits per heavy atom. The van der Waals surface area contributed by atoms with Crippen molar-refractivity contribution in [1.29, 1.82) is 0 Å². The molecule has 0 saturated heterocycles. The van der Waals surface area contributed by atoms with Crippen molar-refractivity contribution in [2.75, 3.05) is 14.2 Å². The Kier molecular flexibility index (Phi) is 25.6. The van der Waals surface area contributed by atoms with Crippen LogP contribution in [0, 0.1) is 41.5 Å². The maximum Gasteiger partial charge on any atom is 0.331 e. The molecule has 2 unspecified atom stereocenters. The van der Waals surface area contributed by atoms with Gasteiger partial charge in [-0.15, -0.1) is 12.4 Å². The summed E-state index contributed by atoms with van der Waals surface area (Å²) >= 11 is 0. The molecule has 3 N–H and O–H groups in total. The van der Waals surface area contributed by atoms with E-state index in [2.05, 4.69) is 66.7 Å². The Balaban J connectivity index is 0.000000339. The number of aliphatic carboxylic acids is 1. The van der Waals surface area contributed by atoms with Crippen LogP contribution in [-0.4, -0.2) is 62.1 Å². The molecule has 0 aliphatic heterocycles. The van der Waals surface area contributed by atoms with Crippen molar-refractivity contribution in [2.45, 2.75) is 99.7 Å². The molecule has 4 aromatic heterocycles. The first-order valence-corrected chi connectivity index (χ1v) is 25.1.